The van der Waals surface area contributed by atoms with Crippen LogP contribution in [0.5, 0.6) is 11.5 Å². The molecule has 1 aliphatic heterocycles. The van der Waals surface area contributed by atoms with E-state index >= 15 is 0 Å². The van der Waals surface area contributed by atoms with Crippen molar-refractivity contribution < 1.29 is 19.1 Å². The van der Waals surface area contributed by atoms with Crippen molar-refractivity contribution in [2.75, 3.05) is 25.6 Å². The second kappa shape index (κ2) is 10.9. The first-order valence-corrected chi connectivity index (χ1v) is 11.2. The molecular weight excluding hydrogens is 414 g/mol. The van der Waals surface area contributed by atoms with Gasteiger partial charge in [0, 0.05) is 18.7 Å². The molecular formula is C23H27N3O4S. The van der Waals surface area contributed by atoms with Crippen molar-refractivity contribution in [2.24, 2.45) is 4.99 Å². The number of hydrogen-bond acceptors (Lipinski definition) is 6. The minimum absolute atomic E-state index is 0.118. The molecule has 1 atom stereocenters. The molecule has 1 N–H and O–H groups in total. The van der Waals surface area contributed by atoms with E-state index in [-0.39, 0.29) is 18.2 Å². The molecule has 1 heterocycles. The van der Waals surface area contributed by atoms with Crippen molar-refractivity contribution in [1.29, 1.82) is 0 Å². The Balaban J connectivity index is 1.75. The first-order chi connectivity index (χ1) is 15.0. The van der Waals surface area contributed by atoms with Crippen LogP contribution in [-0.2, 0) is 9.59 Å². The van der Waals surface area contributed by atoms with Crippen LogP contribution in [0.3, 0.4) is 0 Å². The second-order valence-electron chi connectivity index (χ2n) is 6.88. The molecule has 0 unspecified atom stereocenters. The van der Waals surface area contributed by atoms with Crippen molar-refractivity contribution in [2.45, 2.75) is 31.9 Å². The third-order valence-corrected chi connectivity index (χ3v) is 5.83. The van der Waals surface area contributed by atoms with Crippen LogP contribution < -0.4 is 14.8 Å². The Bertz CT molecular complexity index is 946. The monoisotopic (exact) mass is 441 g/mol. The van der Waals surface area contributed by atoms with E-state index in [0.29, 0.717) is 35.4 Å². The summed E-state index contributed by atoms with van der Waals surface area (Å²) >= 11 is 1.29. The summed E-state index contributed by atoms with van der Waals surface area (Å²) in [5.41, 5.74) is 1.27. The molecule has 3 rings (SSSR count). The number of para-hydroxylation sites is 2. The van der Waals surface area contributed by atoms with Crippen LogP contribution in [0.15, 0.2) is 53.5 Å². The van der Waals surface area contributed by atoms with Gasteiger partial charge in [-0.05, 0) is 49.7 Å². The van der Waals surface area contributed by atoms with Gasteiger partial charge in [0.2, 0.25) is 11.8 Å². The Kier molecular flexibility index (Phi) is 7.94. The van der Waals surface area contributed by atoms with Crippen molar-refractivity contribution >= 4 is 40.1 Å². The quantitative estimate of drug-likeness (QED) is 0.654. The Morgan fingerprint density at radius 1 is 1.19 bits per heavy atom. The van der Waals surface area contributed by atoms with Crippen LogP contribution in [0.4, 0.5) is 11.4 Å². The lowest BCUT2D eigenvalue weighted by atomic mass is 10.2. The van der Waals surface area contributed by atoms with Crippen LogP contribution in [0.1, 0.15) is 26.7 Å². The molecule has 1 saturated heterocycles. The van der Waals surface area contributed by atoms with Gasteiger partial charge in [-0.3, -0.25) is 14.5 Å². The molecule has 8 heteroatoms. The maximum absolute atomic E-state index is 12.9. The Hall–Kier alpha value is -3.00. The molecule has 0 radical (unpaired) electrons. The molecule has 1 fully saturated rings. The molecule has 0 aromatic heterocycles. The van der Waals surface area contributed by atoms with Gasteiger partial charge in [-0.15, -0.1) is 0 Å². The minimum Gasteiger partial charge on any atom is -0.494 e. The molecule has 31 heavy (non-hydrogen) atoms. The predicted octanol–water partition coefficient (Wildman–Crippen LogP) is 4.46. The fourth-order valence-electron chi connectivity index (χ4n) is 3.05. The molecule has 0 aliphatic carbocycles. The fourth-order valence-corrected chi connectivity index (χ4v) is 4.21. The number of methoxy groups -OCH3 is 1. The molecule has 7 nitrogen and oxygen atoms in total. The largest absolute Gasteiger partial charge is 0.494 e. The summed E-state index contributed by atoms with van der Waals surface area (Å²) in [7, 11) is 1.57. The van der Waals surface area contributed by atoms with Crippen LogP contribution in [0.2, 0.25) is 0 Å². The van der Waals surface area contributed by atoms with Crippen molar-refractivity contribution in [3.8, 4) is 11.5 Å². The van der Waals surface area contributed by atoms with Gasteiger partial charge in [0.15, 0.2) is 5.17 Å². The Morgan fingerprint density at radius 2 is 1.94 bits per heavy atom. The standard InChI is InChI=1S/C23H27N3O4S/c1-4-14-30-17-12-10-16(11-13-17)24-22(28)20-15-21(27)26(5-2)23(31-20)25-18-8-6-7-9-19(18)29-3/h6-13,20H,4-5,14-15H2,1-3H3,(H,24,28)/t20-/m0/s1. The van der Waals surface area contributed by atoms with Gasteiger partial charge in [-0.2, -0.15) is 0 Å². The third kappa shape index (κ3) is 5.79. The lowest BCUT2D eigenvalue weighted by molar-refractivity contribution is -0.129. The van der Waals surface area contributed by atoms with E-state index < -0.39 is 5.25 Å². The summed E-state index contributed by atoms with van der Waals surface area (Å²) in [6.45, 7) is 5.06. The molecule has 164 valence electrons. The number of nitrogens with zero attached hydrogens (tertiary/aromatic N) is 2. The Labute approximate surface area is 186 Å². The molecule has 0 spiro atoms. The van der Waals surface area contributed by atoms with Crippen molar-refractivity contribution in [3.63, 3.8) is 0 Å². The zero-order chi connectivity index (χ0) is 22.2. The highest BCUT2D eigenvalue weighted by molar-refractivity contribution is 8.15. The van der Waals surface area contributed by atoms with E-state index in [0.717, 1.165) is 12.2 Å². The second-order valence-corrected chi connectivity index (χ2v) is 8.05. The Morgan fingerprint density at radius 3 is 2.61 bits per heavy atom. The number of amidine groups is 1. The van der Waals surface area contributed by atoms with E-state index in [1.807, 2.05) is 50.2 Å². The predicted molar refractivity (Wildman–Crippen MR) is 124 cm³/mol. The van der Waals surface area contributed by atoms with Crippen LogP contribution in [0, 0.1) is 0 Å². The number of aliphatic imine (C=N–C) groups is 1. The topological polar surface area (TPSA) is 80.2 Å². The highest BCUT2D eigenvalue weighted by atomic mass is 32.2. The number of carbonyl (C=O) groups excluding carboxylic acids is 2. The van der Waals surface area contributed by atoms with E-state index in [9.17, 15) is 9.59 Å². The van der Waals surface area contributed by atoms with E-state index in [1.54, 1.807) is 24.1 Å². The zero-order valence-electron chi connectivity index (χ0n) is 18.0. The van der Waals surface area contributed by atoms with Gasteiger partial charge >= 0.3 is 0 Å². The molecule has 2 aromatic carbocycles. The minimum atomic E-state index is -0.570. The van der Waals surface area contributed by atoms with Crippen molar-refractivity contribution in [1.82, 2.24) is 4.90 Å². The van der Waals surface area contributed by atoms with Gasteiger partial charge in [0.25, 0.3) is 0 Å². The molecule has 2 aromatic rings. The normalized spacial score (nSPS) is 17.5. The summed E-state index contributed by atoms with van der Waals surface area (Å²) in [5, 5.41) is 2.81. The summed E-state index contributed by atoms with van der Waals surface area (Å²) in [6, 6.07) is 14.6. The maximum Gasteiger partial charge on any atom is 0.238 e. The average Bonchev–Trinajstić information content (AvgIpc) is 2.78. The van der Waals surface area contributed by atoms with Gasteiger partial charge in [-0.25, -0.2) is 4.99 Å². The lowest BCUT2D eigenvalue weighted by Gasteiger charge is -2.31. The number of amides is 2. The highest BCUT2D eigenvalue weighted by Gasteiger charge is 2.35. The lowest BCUT2D eigenvalue weighted by Crippen LogP contribution is -2.45. The van der Waals surface area contributed by atoms with Crippen LogP contribution in [0.25, 0.3) is 0 Å². The fraction of sp³-hybridized carbons (Fsp3) is 0.348. The number of carbonyl (C=O) groups is 2. The summed E-state index contributed by atoms with van der Waals surface area (Å²) in [6.07, 6.45) is 1.05. The third-order valence-electron chi connectivity index (χ3n) is 4.64. The number of rotatable bonds is 8. The van der Waals surface area contributed by atoms with Crippen molar-refractivity contribution in [3.05, 3.63) is 48.5 Å². The first-order valence-electron chi connectivity index (χ1n) is 10.3. The van der Waals surface area contributed by atoms with Gasteiger partial charge in [0.1, 0.15) is 22.4 Å². The number of nitrogens with one attached hydrogen (secondary N) is 1. The number of anilines is 1. The average molecular weight is 442 g/mol. The van der Waals surface area contributed by atoms with Gasteiger partial charge < -0.3 is 14.8 Å². The molecule has 0 bridgehead atoms. The zero-order valence-corrected chi connectivity index (χ0v) is 18.8. The van der Waals surface area contributed by atoms with E-state index in [4.69, 9.17) is 9.47 Å². The first kappa shape index (κ1) is 22.7. The SMILES string of the molecule is CCCOc1ccc(NC(=O)[C@@H]2CC(=O)N(CC)C(=Nc3ccccc3OC)S2)cc1. The number of benzene rings is 2. The number of hydrogen-bond donors (Lipinski definition) is 1. The summed E-state index contributed by atoms with van der Waals surface area (Å²) in [4.78, 5) is 31.8. The summed E-state index contributed by atoms with van der Waals surface area (Å²) in [5.74, 6) is 1.00. The highest BCUT2D eigenvalue weighted by Crippen LogP contribution is 2.33. The van der Waals surface area contributed by atoms with Gasteiger partial charge in [-0.1, -0.05) is 30.8 Å². The molecule has 2 amide bonds. The van der Waals surface area contributed by atoms with Crippen LogP contribution in [-0.4, -0.2) is 47.4 Å². The molecule has 1 aliphatic rings. The summed E-state index contributed by atoms with van der Waals surface area (Å²) < 4.78 is 10.9. The van der Waals surface area contributed by atoms with Crippen LogP contribution >= 0.6 is 11.8 Å². The number of thioether (sulfide) groups is 1. The number of ether oxygens (including phenoxy) is 2. The van der Waals surface area contributed by atoms with Gasteiger partial charge in [0.05, 0.1) is 13.7 Å². The van der Waals surface area contributed by atoms with E-state index in [1.165, 1.54) is 11.8 Å². The van der Waals surface area contributed by atoms with E-state index in [2.05, 4.69) is 10.3 Å². The molecule has 0 saturated carbocycles. The maximum atomic E-state index is 12.9. The smallest absolute Gasteiger partial charge is 0.238 e.